The van der Waals surface area contributed by atoms with Crippen molar-refractivity contribution in [2.24, 2.45) is 13.0 Å². The maximum absolute atomic E-state index is 13.8. The van der Waals surface area contributed by atoms with Gasteiger partial charge in [0.1, 0.15) is 12.1 Å². The molecule has 35 heavy (non-hydrogen) atoms. The highest BCUT2D eigenvalue weighted by Gasteiger charge is 2.41. The van der Waals surface area contributed by atoms with Crippen LogP contribution in [0, 0.1) is 5.92 Å². The molecule has 2 aromatic carbocycles. The van der Waals surface area contributed by atoms with Gasteiger partial charge in [-0.3, -0.25) is 14.4 Å². The number of carbonyl (C=O) groups is 3. The summed E-state index contributed by atoms with van der Waals surface area (Å²) in [5.41, 5.74) is 3.84. The van der Waals surface area contributed by atoms with E-state index in [1.807, 2.05) is 80.2 Å². The molecular weight excluding hydrogens is 440 g/mol. The second-order valence-corrected chi connectivity index (χ2v) is 9.73. The molecular formula is C28H34N4O3. The number of amides is 2. The molecule has 0 spiro atoms. The number of ketones is 1. The Morgan fingerprint density at radius 3 is 2.49 bits per heavy atom. The fourth-order valence-electron chi connectivity index (χ4n) is 4.85. The van der Waals surface area contributed by atoms with Crippen LogP contribution in [0.5, 0.6) is 0 Å². The van der Waals surface area contributed by atoms with Crippen LogP contribution in [-0.2, 0) is 34.4 Å². The summed E-state index contributed by atoms with van der Waals surface area (Å²) in [6.45, 7) is 5.91. The first-order valence-electron chi connectivity index (χ1n) is 12.1. The molecule has 2 amide bonds. The van der Waals surface area contributed by atoms with Crippen molar-refractivity contribution in [3.8, 4) is 0 Å². The van der Waals surface area contributed by atoms with Crippen LogP contribution in [0.15, 0.2) is 54.7 Å². The van der Waals surface area contributed by atoms with E-state index in [2.05, 4.69) is 10.6 Å². The Balaban J connectivity index is 1.65. The third-order valence-corrected chi connectivity index (χ3v) is 7.03. The molecule has 0 fully saturated rings. The van der Waals surface area contributed by atoms with Gasteiger partial charge in [-0.05, 0) is 48.7 Å². The fourth-order valence-corrected chi connectivity index (χ4v) is 4.85. The summed E-state index contributed by atoms with van der Waals surface area (Å²) < 4.78 is 2.03. The van der Waals surface area contributed by atoms with Gasteiger partial charge in [0, 0.05) is 37.1 Å². The Kier molecular flexibility index (Phi) is 7.08. The Morgan fingerprint density at radius 2 is 1.77 bits per heavy atom. The highest BCUT2D eigenvalue weighted by Crippen LogP contribution is 2.36. The molecule has 184 valence electrons. The van der Waals surface area contributed by atoms with Crippen LogP contribution in [-0.4, -0.2) is 46.2 Å². The lowest BCUT2D eigenvalue weighted by molar-refractivity contribution is -0.143. The van der Waals surface area contributed by atoms with Crippen molar-refractivity contribution in [2.75, 3.05) is 7.05 Å². The highest BCUT2D eigenvalue weighted by molar-refractivity contribution is 5.97. The number of hydrogen-bond acceptors (Lipinski definition) is 4. The number of aromatic nitrogens is 1. The quantitative estimate of drug-likeness (QED) is 0.526. The zero-order valence-corrected chi connectivity index (χ0v) is 21.0. The van der Waals surface area contributed by atoms with Gasteiger partial charge in [0.2, 0.25) is 11.8 Å². The van der Waals surface area contributed by atoms with E-state index in [0.29, 0.717) is 6.54 Å². The average Bonchev–Trinajstić information content (AvgIpc) is 3.42. The van der Waals surface area contributed by atoms with E-state index in [9.17, 15) is 14.4 Å². The molecule has 0 aliphatic carbocycles. The lowest BCUT2D eigenvalue weighted by Gasteiger charge is -2.31. The maximum Gasteiger partial charge on any atom is 0.246 e. The monoisotopic (exact) mass is 474 g/mol. The number of rotatable bonds is 8. The number of fused-ring (bicyclic) bond motifs is 2. The van der Waals surface area contributed by atoms with Crippen LogP contribution in [0.1, 0.15) is 43.5 Å². The zero-order valence-electron chi connectivity index (χ0n) is 21.0. The minimum atomic E-state index is -0.722. The second kappa shape index (κ2) is 10.0. The van der Waals surface area contributed by atoms with Crippen LogP contribution in [0.3, 0.4) is 0 Å². The Morgan fingerprint density at radius 1 is 1.03 bits per heavy atom. The summed E-state index contributed by atoms with van der Waals surface area (Å²) in [4.78, 5) is 41.9. The molecule has 7 heteroatoms. The van der Waals surface area contributed by atoms with Crippen molar-refractivity contribution in [3.05, 3.63) is 71.4 Å². The SMILES string of the molecule is CN[C@@H](C)C(=O)N[C@H](C(=O)N1Cc2ccccc2[C@H]1C(=O)Cc1cccc2c1ccn2C)C(C)C. The van der Waals surface area contributed by atoms with E-state index in [1.54, 1.807) is 18.9 Å². The largest absolute Gasteiger partial charge is 0.351 e. The summed E-state index contributed by atoms with van der Waals surface area (Å²) in [5, 5.41) is 6.85. The van der Waals surface area contributed by atoms with Gasteiger partial charge < -0.3 is 20.1 Å². The number of aryl methyl sites for hydroxylation is 1. The van der Waals surface area contributed by atoms with Crippen LogP contribution >= 0.6 is 0 Å². The van der Waals surface area contributed by atoms with Crippen LogP contribution in [0.2, 0.25) is 0 Å². The van der Waals surface area contributed by atoms with Crippen molar-refractivity contribution >= 4 is 28.5 Å². The smallest absolute Gasteiger partial charge is 0.246 e. The van der Waals surface area contributed by atoms with Crippen LogP contribution in [0.25, 0.3) is 10.9 Å². The molecule has 1 aliphatic heterocycles. The lowest BCUT2D eigenvalue weighted by atomic mass is 9.95. The van der Waals surface area contributed by atoms with Gasteiger partial charge in [-0.2, -0.15) is 0 Å². The maximum atomic E-state index is 13.8. The zero-order chi connectivity index (χ0) is 25.3. The molecule has 2 N–H and O–H groups in total. The molecule has 1 aromatic heterocycles. The van der Waals surface area contributed by atoms with Crippen molar-refractivity contribution in [2.45, 2.75) is 51.9 Å². The van der Waals surface area contributed by atoms with Crippen molar-refractivity contribution < 1.29 is 14.4 Å². The van der Waals surface area contributed by atoms with Crippen LogP contribution in [0.4, 0.5) is 0 Å². The Bertz CT molecular complexity index is 1260. The topological polar surface area (TPSA) is 83.4 Å². The molecule has 0 unspecified atom stereocenters. The summed E-state index contributed by atoms with van der Waals surface area (Å²) in [6, 6.07) is 13.9. The molecule has 0 bridgehead atoms. The van der Waals surface area contributed by atoms with Gasteiger partial charge in [-0.15, -0.1) is 0 Å². The minimum Gasteiger partial charge on any atom is -0.351 e. The van der Waals surface area contributed by atoms with E-state index in [1.165, 1.54) is 0 Å². The van der Waals surface area contributed by atoms with Crippen molar-refractivity contribution in [1.82, 2.24) is 20.1 Å². The number of hydrogen-bond donors (Lipinski definition) is 2. The van der Waals surface area contributed by atoms with Crippen molar-refractivity contribution in [3.63, 3.8) is 0 Å². The summed E-state index contributed by atoms with van der Waals surface area (Å²) in [7, 11) is 3.69. The summed E-state index contributed by atoms with van der Waals surface area (Å²) >= 11 is 0. The first kappa shape index (κ1) is 24.7. The molecule has 2 heterocycles. The minimum absolute atomic E-state index is 0.0305. The van der Waals surface area contributed by atoms with Gasteiger partial charge in [-0.1, -0.05) is 50.2 Å². The fraction of sp³-hybridized carbons (Fsp3) is 0.393. The Hall–Kier alpha value is -3.45. The molecule has 7 nitrogen and oxygen atoms in total. The number of likely N-dealkylation sites (N-methyl/N-ethyl adjacent to an activating group) is 1. The van der Waals surface area contributed by atoms with Gasteiger partial charge in [0.25, 0.3) is 0 Å². The third kappa shape index (κ3) is 4.73. The number of benzene rings is 2. The molecule has 0 saturated carbocycles. The lowest BCUT2D eigenvalue weighted by Crippen LogP contribution is -2.54. The molecule has 4 rings (SSSR count). The molecule has 3 atom stereocenters. The standard InChI is InChI=1S/C28H34N4O3/c1-17(2)25(30-27(34)18(3)29-4)28(35)32-16-20-9-6-7-11-22(20)26(32)24(33)15-19-10-8-12-23-21(19)13-14-31(23)5/h6-14,17-18,25-26,29H,15-16H2,1-5H3,(H,30,34)/t18-,25-,26-/m0/s1. The molecule has 0 radical (unpaired) electrons. The van der Waals surface area contributed by atoms with Gasteiger partial charge in [-0.25, -0.2) is 0 Å². The summed E-state index contributed by atoms with van der Waals surface area (Å²) in [5.74, 6) is -0.635. The van der Waals surface area contributed by atoms with Crippen molar-refractivity contribution in [1.29, 1.82) is 0 Å². The predicted molar refractivity (Wildman–Crippen MR) is 137 cm³/mol. The number of Topliss-reactive ketones (excluding diaryl/α,β-unsaturated/α-hetero) is 1. The van der Waals surface area contributed by atoms with E-state index in [4.69, 9.17) is 0 Å². The first-order chi connectivity index (χ1) is 16.7. The van der Waals surface area contributed by atoms with Crippen LogP contribution < -0.4 is 10.6 Å². The second-order valence-electron chi connectivity index (χ2n) is 9.73. The number of nitrogens with one attached hydrogen (secondary N) is 2. The number of nitrogens with zero attached hydrogens (tertiary/aromatic N) is 2. The third-order valence-electron chi connectivity index (χ3n) is 7.03. The van der Waals surface area contributed by atoms with E-state index in [0.717, 1.165) is 27.6 Å². The summed E-state index contributed by atoms with van der Waals surface area (Å²) in [6.07, 6.45) is 2.21. The Labute approximate surface area is 206 Å². The molecule has 1 aliphatic rings. The number of carbonyl (C=O) groups excluding carboxylic acids is 3. The predicted octanol–water partition coefficient (Wildman–Crippen LogP) is 3.12. The molecule has 3 aromatic rings. The molecule has 0 saturated heterocycles. The van der Waals surface area contributed by atoms with Gasteiger partial charge >= 0.3 is 0 Å². The van der Waals surface area contributed by atoms with E-state index >= 15 is 0 Å². The first-order valence-corrected chi connectivity index (χ1v) is 12.1. The highest BCUT2D eigenvalue weighted by atomic mass is 16.2. The van der Waals surface area contributed by atoms with E-state index < -0.39 is 18.1 Å². The van der Waals surface area contributed by atoms with Gasteiger partial charge in [0.05, 0.1) is 6.04 Å². The van der Waals surface area contributed by atoms with E-state index in [-0.39, 0.29) is 29.9 Å². The normalized spacial score (nSPS) is 16.9. The van der Waals surface area contributed by atoms with Gasteiger partial charge in [0.15, 0.2) is 5.78 Å². The average molecular weight is 475 g/mol.